The topological polar surface area (TPSA) is 67.6 Å². The first-order chi connectivity index (χ1) is 9.85. The van der Waals surface area contributed by atoms with E-state index < -0.39 is 5.60 Å². The highest BCUT2D eigenvalue weighted by Gasteiger charge is 2.46. The molecule has 0 bridgehead atoms. The molecule has 1 saturated carbocycles. The van der Waals surface area contributed by atoms with E-state index in [2.05, 4.69) is 10.2 Å². The van der Waals surface area contributed by atoms with Crippen molar-refractivity contribution in [2.45, 2.75) is 52.1 Å². The fourth-order valence-electron chi connectivity index (χ4n) is 3.66. The van der Waals surface area contributed by atoms with E-state index in [1.165, 1.54) is 25.7 Å². The van der Waals surface area contributed by atoms with E-state index in [0.29, 0.717) is 17.9 Å². The summed E-state index contributed by atoms with van der Waals surface area (Å²) in [5.74, 6) is 0.527. The van der Waals surface area contributed by atoms with E-state index in [4.69, 9.17) is 10.5 Å². The monoisotopic (exact) mass is 297 g/mol. The summed E-state index contributed by atoms with van der Waals surface area (Å²) in [4.78, 5) is 14.3. The van der Waals surface area contributed by atoms with Crippen molar-refractivity contribution in [3.8, 4) is 0 Å². The van der Waals surface area contributed by atoms with Crippen LogP contribution >= 0.6 is 0 Å². The molecule has 0 aromatic rings. The van der Waals surface area contributed by atoms with Gasteiger partial charge in [-0.25, -0.2) is 4.79 Å². The van der Waals surface area contributed by atoms with Crippen LogP contribution < -0.4 is 11.1 Å². The first-order valence-corrected chi connectivity index (χ1v) is 8.24. The number of rotatable bonds is 4. The van der Waals surface area contributed by atoms with Crippen molar-refractivity contribution in [2.24, 2.45) is 17.1 Å². The number of nitrogens with one attached hydrogen (secondary N) is 1. The first-order valence-electron chi connectivity index (χ1n) is 8.24. The van der Waals surface area contributed by atoms with E-state index in [0.717, 1.165) is 26.2 Å². The summed E-state index contributed by atoms with van der Waals surface area (Å²) in [5, 5.41) is 2.98. The van der Waals surface area contributed by atoms with Gasteiger partial charge in [0.1, 0.15) is 5.60 Å². The average Bonchev–Trinajstić information content (AvgIpc) is 2.33. The molecule has 1 unspecified atom stereocenters. The molecule has 0 aromatic heterocycles. The molecule has 1 aliphatic carbocycles. The number of piperidine rings is 1. The lowest BCUT2D eigenvalue weighted by molar-refractivity contribution is -0.0293. The molecule has 1 saturated heterocycles. The molecule has 3 N–H and O–H groups in total. The van der Waals surface area contributed by atoms with Crippen LogP contribution in [-0.2, 0) is 4.74 Å². The van der Waals surface area contributed by atoms with Gasteiger partial charge in [-0.05, 0) is 57.9 Å². The van der Waals surface area contributed by atoms with Gasteiger partial charge in [0.05, 0.1) is 0 Å². The number of carbonyl (C=O) groups is 1. The van der Waals surface area contributed by atoms with Crippen molar-refractivity contribution in [3.63, 3.8) is 0 Å². The van der Waals surface area contributed by atoms with Gasteiger partial charge in [0.2, 0.25) is 0 Å². The molecule has 5 heteroatoms. The second kappa shape index (κ2) is 6.53. The second-order valence-electron chi connectivity index (χ2n) is 7.63. The summed E-state index contributed by atoms with van der Waals surface area (Å²) < 4.78 is 5.34. The van der Waals surface area contributed by atoms with E-state index in [1.807, 2.05) is 20.8 Å². The second-order valence-corrected chi connectivity index (χ2v) is 7.63. The molecule has 21 heavy (non-hydrogen) atoms. The highest BCUT2D eigenvalue weighted by Crippen LogP contribution is 2.51. The highest BCUT2D eigenvalue weighted by atomic mass is 16.6. The number of carbonyl (C=O) groups excluding carboxylic acids is 1. The highest BCUT2D eigenvalue weighted by molar-refractivity contribution is 5.67. The minimum Gasteiger partial charge on any atom is -0.444 e. The Hall–Kier alpha value is -0.810. The van der Waals surface area contributed by atoms with Gasteiger partial charge >= 0.3 is 6.09 Å². The summed E-state index contributed by atoms with van der Waals surface area (Å²) in [5.41, 5.74) is 5.70. The van der Waals surface area contributed by atoms with Crippen LogP contribution in [-0.4, -0.2) is 49.3 Å². The first kappa shape index (κ1) is 16.6. The number of nitrogens with two attached hydrogens (primary N) is 1. The minimum absolute atomic E-state index is 0.298. The van der Waals surface area contributed by atoms with Crippen LogP contribution in [0.25, 0.3) is 0 Å². The van der Waals surface area contributed by atoms with E-state index in [1.54, 1.807) is 0 Å². The lowest BCUT2D eigenvalue weighted by Crippen LogP contribution is -2.55. The largest absolute Gasteiger partial charge is 0.444 e. The third-order valence-corrected chi connectivity index (χ3v) is 4.96. The van der Waals surface area contributed by atoms with Crippen molar-refractivity contribution in [1.82, 2.24) is 10.2 Å². The zero-order chi connectivity index (χ0) is 15.5. The molecule has 0 aromatic carbocycles. The van der Waals surface area contributed by atoms with Crippen LogP contribution in [0.2, 0.25) is 0 Å². The molecule has 5 nitrogen and oxygen atoms in total. The zero-order valence-electron chi connectivity index (χ0n) is 13.8. The quantitative estimate of drug-likeness (QED) is 0.832. The Kier molecular flexibility index (Phi) is 5.15. The van der Waals surface area contributed by atoms with Crippen LogP contribution in [0.4, 0.5) is 4.79 Å². The smallest absolute Gasteiger partial charge is 0.407 e. The summed E-state index contributed by atoms with van der Waals surface area (Å²) in [6.45, 7) is 10.3. The zero-order valence-corrected chi connectivity index (χ0v) is 13.8. The Bertz CT molecular complexity index is 361. The fraction of sp³-hybridized carbons (Fsp3) is 0.938. The molecule has 2 fully saturated rings. The maximum atomic E-state index is 11.9. The van der Waals surface area contributed by atoms with Gasteiger partial charge in [-0.2, -0.15) is 0 Å². The lowest BCUT2D eigenvalue weighted by Gasteiger charge is -2.53. The van der Waals surface area contributed by atoms with Gasteiger partial charge in [0, 0.05) is 26.2 Å². The van der Waals surface area contributed by atoms with Gasteiger partial charge in [-0.1, -0.05) is 6.42 Å². The Balaban J connectivity index is 1.87. The molecule has 0 radical (unpaired) electrons. The molecule has 1 spiro atoms. The predicted octanol–water partition coefficient (Wildman–Crippen LogP) is 1.96. The molecule has 1 aliphatic heterocycles. The molecule has 1 heterocycles. The summed E-state index contributed by atoms with van der Waals surface area (Å²) in [7, 11) is 0. The Morgan fingerprint density at radius 3 is 2.62 bits per heavy atom. The van der Waals surface area contributed by atoms with Gasteiger partial charge in [-0.3, -0.25) is 0 Å². The van der Waals surface area contributed by atoms with Crippen molar-refractivity contribution in [2.75, 3.05) is 32.7 Å². The Morgan fingerprint density at radius 2 is 2.10 bits per heavy atom. The maximum absolute atomic E-state index is 11.9. The summed E-state index contributed by atoms with van der Waals surface area (Å²) in [6, 6.07) is 0. The number of ether oxygens (including phenoxy) is 1. The number of hydrogen-bond acceptors (Lipinski definition) is 4. The Morgan fingerprint density at radius 1 is 1.38 bits per heavy atom. The molecule has 122 valence electrons. The third kappa shape index (κ3) is 4.33. The van der Waals surface area contributed by atoms with Gasteiger partial charge in [0.25, 0.3) is 0 Å². The van der Waals surface area contributed by atoms with Crippen molar-refractivity contribution < 1.29 is 9.53 Å². The number of hydrogen-bond donors (Lipinski definition) is 2. The molecular weight excluding hydrogens is 266 g/mol. The predicted molar refractivity (Wildman–Crippen MR) is 84.1 cm³/mol. The van der Waals surface area contributed by atoms with E-state index in [-0.39, 0.29) is 6.09 Å². The number of amides is 1. The van der Waals surface area contributed by atoms with Gasteiger partial charge < -0.3 is 20.7 Å². The molecular formula is C16H31N3O2. The van der Waals surface area contributed by atoms with E-state index >= 15 is 0 Å². The Labute approximate surface area is 128 Å². The molecule has 1 atom stereocenters. The summed E-state index contributed by atoms with van der Waals surface area (Å²) in [6.07, 6.45) is 4.90. The van der Waals surface area contributed by atoms with Crippen molar-refractivity contribution in [1.29, 1.82) is 0 Å². The maximum Gasteiger partial charge on any atom is 0.407 e. The number of nitrogens with zero attached hydrogens (tertiary/aromatic N) is 1. The fourth-order valence-corrected chi connectivity index (χ4v) is 3.66. The van der Waals surface area contributed by atoms with Crippen LogP contribution in [0, 0.1) is 11.3 Å². The standard InChI is InChI=1S/C16H31N3O2/c1-15(2,3)21-14(20)18-11-13-12-19(10-8-17)9-7-16(13)5-4-6-16/h13H,4-12,17H2,1-3H3,(H,18,20). The molecule has 2 aliphatic rings. The normalized spacial score (nSPS) is 25.4. The molecule has 1 amide bonds. The number of alkyl carbamates (subject to hydrolysis) is 1. The lowest BCUT2D eigenvalue weighted by atomic mass is 9.57. The van der Waals surface area contributed by atoms with Crippen LogP contribution in [0.3, 0.4) is 0 Å². The third-order valence-electron chi connectivity index (χ3n) is 4.96. The SMILES string of the molecule is CC(C)(C)OC(=O)NCC1CN(CCN)CCC12CCC2. The van der Waals surface area contributed by atoms with Crippen LogP contribution in [0.1, 0.15) is 46.5 Å². The van der Waals surface area contributed by atoms with Gasteiger partial charge in [0.15, 0.2) is 0 Å². The van der Waals surface area contributed by atoms with Crippen LogP contribution in [0.5, 0.6) is 0 Å². The van der Waals surface area contributed by atoms with Crippen molar-refractivity contribution >= 4 is 6.09 Å². The average molecular weight is 297 g/mol. The van der Waals surface area contributed by atoms with Crippen molar-refractivity contribution in [3.05, 3.63) is 0 Å². The van der Waals surface area contributed by atoms with Gasteiger partial charge in [-0.15, -0.1) is 0 Å². The molecule has 2 rings (SSSR count). The van der Waals surface area contributed by atoms with E-state index in [9.17, 15) is 4.79 Å². The van der Waals surface area contributed by atoms with Crippen LogP contribution in [0.15, 0.2) is 0 Å². The number of likely N-dealkylation sites (tertiary alicyclic amines) is 1. The summed E-state index contributed by atoms with van der Waals surface area (Å²) >= 11 is 0. The minimum atomic E-state index is -0.434.